The fourth-order valence-corrected chi connectivity index (χ4v) is 1.09. The molecule has 1 unspecified atom stereocenters. The lowest BCUT2D eigenvalue weighted by atomic mass is 9.94. The van der Waals surface area contributed by atoms with E-state index in [1.54, 1.807) is 6.92 Å². The van der Waals surface area contributed by atoms with Gasteiger partial charge in [-0.3, -0.25) is 14.4 Å². The van der Waals surface area contributed by atoms with Crippen LogP contribution in [0.25, 0.3) is 0 Å². The van der Waals surface area contributed by atoms with Gasteiger partial charge in [-0.1, -0.05) is 13.8 Å². The minimum Gasteiger partial charge on any atom is -0.299 e. The molecule has 0 rings (SSSR count). The first kappa shape index (κ1) is 11.0. The number of aldehydes is 1. The van der Waals surface area contributed by atoms with Crippen molar-refractivity contribution in [2.24, 2.45) is 5.92 Å². The quantitative estimate of drug-likeness (QED) is 0.341. The summed E-state index contributed by atoms with van der Waals surface area (Å²) in [5, 5.41) is 0. The molecule has 0 aromatic heterocycles. The monoisotopic (exact) mass is 170 g/mol. The van der Waals surface area contributed by atoms with Crippen molar-refractivity contribution in [3.05, 3.63) is 0 Å². The number of hydrogen-bond donors (Lipinski definition) is 0. The number of carbonyl (C=O) groups excluding carboxylic acids is 3. The van der Waals surface area contributed by atoms with Crippen LogP contribution >= 0.6 is 0 Å². The van der Waals surface area contributed by atoms with Crippen LogP contribution in [0.3, 0.4) is 0 Å². The molecule has 0 saturated carbocycles. The summed E-state index contributed by atoms with van der Waals surface area (Å²) in [5.41, 5.74) is 0. The Morgan fingerprint density at radius 1 is 1.33 bits per heavy atom. The lowest BCUT2D eigenvalue weighted by Gasteiger charge is -2.06. The molecular weight excluding hydrogens is 156 g/mol. The van der Waals surface area contributed by atoms with E-state index in [2.05, 4.69) is 0 Å². The SMILES string of the molecule is CCCC(=O)C(CC)C(=O)C=O. The Labute approximate surface area is 72.1 Å². The second kappa shape index (κ2) is 5.63. The minimum absolute atomic E-state index is 0.114. The molecule has 0 fully saturated rings. The molecule has 3 heteroatoms. The van der Waals surface area contributed by atoms with Crippen molar-refractivity contribution in [1.29, 1.82) is 0 Å². The van der Waals surface area contributed by atoms with Crippen molar-refractivity contribution in [3.8, 4) is 0 Å². The van der Waals surface area contributed by atoms with Crippen molar-refractivity contribution in [2.45, 2.75) is 33.1 Å². The van der Waals surface area contributed by atoms with E-state index in [0.29, 0.717) is 12.8 Å². The molecule has 12 heavy (non-hydrogen) atoms. The Bertz CT molecular complexity index is 184. The second-order valence-corrected chi connectivity index (χ2v) is 2.70. The van der Waals surface area contributed by atoms with Gasteiger partial charge in [0.15, 0.2) is 6.29 Å². The van der Waals surface area contributed by atoms with Crippen LogP contribution in [0.4, 0.5) is 0 Å². The van der Waals surface area contributed by atoms with Crippen molar-refractivity contribution in [2.75, 3.05) is 0 Å². The molecule has 3 nitrogen and oxygen atoms in total. The zero-order chi connectivity index (χ0) is 9.56. The molecule has 0 aromatic carbocycles. The van der Waals surface area contributed by atoms with Crippen LogP contribution in [0.15, 0.2) is 0 Å². The second-order valence-electron chi connectivity index (χ2n) is 2.70. The third-order valence-corrected chi connectivity index (χ3v) is 1.75. The fourth-order valence-electron chi connectivity index (χ4n) is 1.09. The Morgan fingerprint density at radius 3 is 2.25 bits per heavy atom. The molecule has 0 aromatic rings. The molecule has 0 bridgehead atoms. The summed E-state index contributed by atoms with van der Waals surface area (Å²) in [5.74, 6) is -1.39. The molecule has 1 atom stereocenters. The molecule has 0 aliphatic rings. The smallest absolute Gasteiger partial charge is 0.205 e. The lowest BCUT2D eigenvalue weighted by molar-refractivity contribution is -0.138. The van der Waals surface area contributed by atoms with Gasteiger partial charge in [0.25, 0.3) is 0 Å². The zero-order valence-electron chi connectivity index (χ0n) is 7.50. The summed E-state index contributed by atoms with van der Waals surface area (Å²) < 4.78 is 0. The van der Waals surface area contributed by atoms with E-state index >= 15 is 0 Å². The van der Waals surface area contributed by atoms with Gasteiger partial charge in [0.1, 0.15) is 5.78 Å². The molecule has 0 saturated heterocycles. The Hall–Kier alpha value is -0.990. The molecule has 0 amide bonds. The highest BCUT2D eigenvalue weighted by Gasteiger charge is 2.22. The number of rotatable bonds is 6. The Balaban J connectivity index is 4.23. The van der Waals surface area contributed by atoms with Gasteiger partial charge in [0.2, 0.25) is 5.78 Å². The highest BCUT2D eigenvalue weighted by Crippen LogP contribution is 2.08. The first-order valence-corrected chi connectivity index (χ1v) is 4.19. The largest absolute Gasteiger partial charge is 0.299 e. The van der Waals surface area contributed by atoms with Crippen molar-refractivity contribution < 1.29 is 14.4 Å². The van der Waals surface area contributed by atoms with E-state index in [-0.39, 0.29) is 12.1 Å². The summed E-state index contributed by atoms with van der Waals surface area (Å²) in [6, 6.07) is 0. The van der Waals surface area contributed by atoms with Gasteiger partial charge in [-0.15, -0.1) is 0 Å². The maximum Gasteiger partial charge on any atom is 0.205 e. The summed E-state index contributed by atoms with van der Waals surface area (Å²) in [7, 11) is 0. The molecule has 68 valence electrons. The molecule has 0 aliphatic heterocycles. The van der Waals surface area contributed by atoms with Crippen molar-refractivity contribution >= 4 is 17.9 Å². The van der Waals surface area contributed by atoms with Crippen LogP contribution in [0.2, 0.25) is 0 Å². The van der Waals surface area contributed by atoms with Crippen LogP contribution in [0, 0.1) is 5.92 Å². The van der Waals surface area contributed by atoms with E-state index in [4.69, 9.17) is 0 Å². The summed E-state index contributed by atoms with van der Waals surface area (Å²) >= 11 is 0. The van der Waals surface area contributed by atoms with Gasteiger partial charge in [-0.25, -0.2) is 0 Å². The van der Waals surface area contributed by atoms with Crippen molar-refractivity contribution in [1.82, 2.24) is 0 Å². The van der Waals surface area contributed by atoms with Crippen LogP contribution in [0.5, 0.6) is 0 Å². The van der Waals surface area contributed by atoms with E-state index in [1.165, 1.54) is 0 Å². The van der Waals surface area contributed by atoms with Gasteiger partial charge < -0.3 is 0 Å². The van der Waals surface area contributed by atoms with Gasteiger partial charge in [-0.2, -0.15) is 0 Å². The number of ketones is 2. The first-order valence-electron chi connectivity index (χ1n) is 4.19. The maximum absolute atomic E-state index is 11.2. The predicted octanol–water partition coefficient (Wildman–Crippen LogP) is 1.15. The average molecular weight is 170 g/mol. The fraction of sp³-hybridized carbons (Fsp3) is 0.667. The number of Topliss-reactive ketones (excluding diaryl/α,β-unsaturated/α-hetero) is 2. The standard InChI is InChI=1S/C9H14O3/c1-3-5-8(11)7(4-2)9(12)6-10/h6-7H,3-5H2,1-2H3. The Morgan fingerprint density at radius 2 is 1.92 bits per heavy atom. The maximum atomic E-state index is 11.2. The highest BCUT2D eigenvalue weighted by molar-refractivity contribution is 6.31. The summed E-state index contributed by atoms with van der Waals surface area (Å²) in [4.78, 5) is 32.2. The third kappa shape index (κ3) is 2.95. The minimum atomic E-state index is -0.692. The van der Waals surface area contributed by atoms with Gasteiger partial charge in [0.05, 0.1) is 5.92 Å². The van der Waals surface area contributed by atoms with E-state index in [9.17, 15) is 14.4 Å². The molecule has 0 radical (unpaired) electrons. The van der Waals surface area contributed by atoms with Crippen LogP contribution in [0.1, 0.15) is 33.1 Å². The lowest BCUT2D eigenvalue weighted by Crippen LogP contribution is -2.23. The van der Waals surface area contributed by atoms with Gasteiger partial charge in [-0.05, 0) is 12.8 Å². The topological polar surface area (TPSA) is 51.2 Å². The molecule has 0 aliphatic carbocycles. The third-order valence-electron chi connectivity index (χ3n) is 1.75. The predicted molar refractivity (Wildman–Crippen MR) is 44.8 cm³/mol. The first-order chi connectivity index (χ1) is 5.67. The van der Waals surface area contributed by atoms with Gasteiger partial charge in [0, 0.05) is 6.42 Å². The summed E-state index contributed by atoms with van der Waals surface area (Å²) in [6.45, 7) is 3.61. The number of carbonyl (C=O) groups is 3. The van der Waals surface area contributed by atoms with Crippen LogP contribution in [-0.2, 0) is 14.4 Å². The Kier molecular flexibility index (Phi) is 5.17. The number of hydrogen-bond acceptors (Lipinski definition) is 3. The average Bonchev–Trinajstić information content (AvgIpc) is 2.06. The van der Waals surface area contributed by atoms with Gasteiger partial charge >= 0.3 is 0 Å². The van der Waals surface area contributed by atoms with Crippen LogP contribution in [-0.4, -0.2) is 17.9 Å². The molecule has 0 heterocycles. The highest BCUT2D eigenvalue weighted by atomic mass is 16.2. The normalized spacial score (nSPS) is 12.2. The van der Waals surface area contributed by atoms with E-state index in [0.717, 1.165) is 6.42 Å². The van der Waals surface area contributed by atoms with E-state index in [1.807, 2.05) is 6.92 Å². The van der Waals surface area contributed by atoms with Crippen molar-refractivity contribution in [3.63, 3.8) is 0 Å². The zero-order valence-corrected chi connectivity index (χ0v) is 7.50. The van der Waals surface area contributed by atoms with Crippen LogP contribution < -0.4 is 0 Å². The summed E-state index contributed by atoms with van der Waals surface area (Å²) in [6.07, 6.45) is 1.78. The molecule has 0 spiro atoms. The van der Waals surface area contributed by atoms with E-state index < -0.39 is 11.7 Å². The molecule has 0 N–H and O–H groups in total. The molecular formula is C9H14O3.